The zero-order valence-corrected chi connectivity index (χ0v) is 28.2. The van der Waals surface area contributed by atoms with E-state index in [9.17, 15) is 37.1 Å². The van der Waals surface area contributed by atoms with E-state index >= 15 is 0 Å². The molecule has 0 bridgehead atoms. The van der Waals surface area contributed by atoms with Gasteiger partial charge in [-0.15, -0.1) is 0 Å². The summed E-state index contributed by atoms with van der Waals surface area (Å²) in [5.41, 5.74) is -2.09. The number of esters is 3. The molecule has 0 aliphatic heterocycles. The number of halogens is 3. The van der Waals surface area contributed by atoms with Gasteiger partial charge in [0.1, 0.15) is 5.75 Å². The van der Waals surface area contributed by atoms with Crippen molar-refractivity contribution in [1.29, 1.82) is 0 Å². The summed E-state index contributed by atoms with van der Waals surface area (Å²) >= 11 is 0. The van der Waals surface area contributed by atoms with Gasteiger partial charge in [0.2, 0.25) is 0 Å². The Bertz CT molecular complexity index is 1890. The molecule has 266 valence electrons. The van der Waals surface area contributed by atoms with Crippen molar-refractivity contribution in [3.8, 4) is 16.9 Å². The molecule has 0 unspecified atom stereocenters. The van der Waals surface area contributed by atoms with Gasteiger partial charge < -0.3 is 24.4 Å². The van der Waals surface area contributed by atoms with E-state index in [0.717, 1.165) is 12.1 Å². The third-order valence-corrected chi connectivity index (χ3v) is 7.73. The Balaban J connectivity index is 1.66. The first kappa shape index (κ1) is 37.8. The van der Waals surface area contributed by atoms with Crippen molar-refractivity contribution in [3.05, 3.63) is 119 Å². The van der Waals surface area contributed by atoms with Gasteiger partial charge in [-0.1, -0.05) is 60.7 Å². The first-order chi connectivity index (χ1) is 24.2. The van der Waals surface area contributed by atoms with Gasteiger partial charge in [0.25, 0.3) is 11.8 Å². The van der Waals surface area contributed by atoms with Crippen LogP contribution in [0.4, 0.5) is 18.9 Å². The molecule has 2 amide bonds. The fraction of sp³-hybridized carbons (Fsp3) is 0.237. The molecule has 0 spiro atoms. The lowest BCUT2D eigenvalue weighted by atomic mass is 9.77. The van der Waals surface area contributed by atoms with Crippen molar-refractivity contribution in [3.63, 3.8) is 0 Å². The molecular formula is C38H35F3N2O8. The number of rotatable bonds is 12. The molecule has 0 fully saturated rings. The van der Waals surface area contributed by atoms with Crippen molar-refractivity contribution in [2.75, 3.05) is 32.6 Å². The Morgan fingerprint density at radius 2 is 1.29 bits per heavy atom. The van der Waals surface area contributed by atoms with Gasteiger partial charge in [-0.05, 0) is 66.9 Å². The van der Waals surface area contributed by atoms with Crippen LogP contribution in [0.1, 0.15) is 52.1 Å². The largest absolute Gasteiger partial charge is 0.465 e. The predicted octanol–water partition coefficient (Wildman–Crippen LogP) is 6.69. The van der Waals surface area contributed by atoms with Crippen LogP contribution in [0.5, 0.6) is 5.75 Å². The molecule has 0 aliphatic carbocycles. The zero-order chi connectivity index (χ0) is 37.3. The highest BCUT2D eigenvalue weighted by atomic mass is 19.4. The van der Waals surface area contributed by atoms with Crippen LogP contribution in [0, 0.1) is 0 Å². The summed E-state index contributed by atoms with van der Waals surface area (Å²) in [6, 6.07) is 22.3. The standard InChI is InChI=1S/C38H35F3N2O8/c1-5-49-35(47)37(36(48)50-6-2,25-12-8-7-9-13-25)23-32(44)51-27-20-21-31(30(22-27)34(46)43(3)4)42-33(45)29-15-11-10-14-28(29)24-16-18-26(19-17-24)38(39,40)41/h7-22H,5-6,23H2,1-4H3,(H,42,45). The van der Waals surface area contributed by atoms with Crippen molar-refractivity contribution in [2.45, 2.75) is 31.9 Å². The summed E-state index contributed by atoms with van der Waals surface area (Å²) in [6.07, 6.45) is -5.33. The van der Waals surface area contributed by atoms with Crippen LogP contribution in [0.2, 0.25) is 0 Å². The number of benzene rings is 4. The van der Waals surface area contributed by atoms with Crippen molar-refractivity contribution in [1.82, 2.24) is 4.90 Å². The monoisotopic (exact) mass is 704 g/mol. The van der Waals surface area contributed by atoms with Gasteiger partial charge in [-0.25, -0.2) is 0 Å². The van der Waals surface area contributed by atoms with E-state index in [1.54, 1.807) is 50.2 Å². The molecule has 13 heteroatoms. The Hall–Kier alpha value is -5.98. The molecule has 4 aromatic carbocycles. The van der Waals surface area contributed by atoms with Crippen LogP contribution < -0.4 is 10.1 Å². The van der Waals surface area contributed by atoms with Crippen LogP contribution in [-0.2, 0) is 35.4 Å². The molecule has 0 aliphatic rings. The molecule has 0 saturated heterocycles. The maximum Gasteiger partial charge on any atom is 0.416 e. The number of amides is 2. The first-order valence-corrected chi connectivity index (χ1v) is 15.8. The lowest BCUT2D eigenvalue weighted by Gasteiger charge is -2.28. The predicted molar refractivity (Wildman–Crippen MR) is 181 cm³/mol. The van der Waals surface area contributed by atoms with Crippen LogP contribution in [0.3, 0.4) is 0 Å². The highest BCUT2D eigenvalue weighted by Gasteiger charge is 2.52. The van der Waals surface area contributed by atoms with Crippen molar-refractivity contribution in [2.24, 2.45) is 0 Å². The highest BCUT2D eigenvalue weighted by Crippen LogP contribution is 2.35. The molecule has 51 heavy (non-hydrogen) atoms. The van der Waals surface area contributed by atoms with E-state index in [0.29, 0.717) is 11.1 Å². The average molecular weight is 705 g/mol. The smallest absolute Gasteiger partial charge is 0.416 e. The van der Waals surface area contributed by atoms with Gasteiger partial charge in [-0.3, -0.25) is 24.0 Å². The minimum Gasteiger partial charge on any atom is -0.465 e. The number of hydrogen-bond acceptors (Lipinski definition) is 8. The third-order valence-electron chi connectivity index (χ3n) is 7.73. The molecule has 0 atom stereocenters. The second-order valence-electron chi connectivity index (χ2n) is 11.3. The first-order valence-electron chi connectivity index (χ1n) is 15.8. The number of carbonyl (C=O) groups excluding carboxylic acids is 5. The Morgan fingerprint density at radius 3 is 1.86 bits per heavy atom. The fourth-order valence-corrected chi connectivity index (χ4v) is 5.26. The van der Waals surface area contributed by atoms with Crippen molar-refractivity contribution < 1.29 is 51.4 Å². The molecule has 10 nitrogen and oxygen atoms in total. The average Bonchev–Trinajstić information content (AvgIpc) is 3.11. The summed E-state index contributed by atoms with van der Waals surface area (Å²) in [4.78, 5) is 68.3. The zero-order valence-electron chi connectivity index (χ0n) is 28.2. The maximum absolute atomic E-state index is 13.6. The Kier molecular flexibility index (Phi) is 12.0. The quantitative estimate of drug-likeness (QED) is 0.0983. The number of anilines is 1. The van der Waals surface area contributed by atoms with Gasteiger partial charge in [0.05, 0.1) is 36.4 Å². The highest BCUT2D eigenvalue weighted by molar-refractivity contribution is 6.12. The fourth-order valence-electron chi connectivity index (χ4n) is 5.26. The summed E-state index contributed by atoms with van der Waals surface area (Å²) in [6.45, 7) is 2.93. The van der Waals surface area contributed by atoms with Crippen LogP contribution in [0.15, 0.2) is 97.1 Å². The number of nitrogens with one attached hydrogen (secondary N) is 1. The summed E-state index contributed by atoms with van der Waals surface area (Å²) in [7, 11) is 2.94. The van der Waals surface area contributed by atoms with Crippen LogP contribution in [-0.4, -0.2) is 61.9 Å². The van der Waals surface area contributed by atoms with Gasteiger partial charge in [0, 0.05) is 19.7 Å². The van der Waals surface area contributed by atoms with E-state index in [-0.39, 0.29) is 41.3 Å². The van der Waals surface area contributed by atoms with E-state index < -0.39 is 53.3 Å². The summed E-state index contributed by atoms with van der Waals surface area (Å²) < 4.78 is 55.4. The van der Waals surface area contributed by atoms with Crippen LogP contribution >= 0.6 is 0 Å². The molecule has 4 aromatic rings. The number of ether oxygens (including phenoxy) is 3. The van der Waals surface area contributed by atoms with Gasteiger partial charge >= 0.3 is 24.1 Å². The van der Waals surface area contributed by atoms with Gasteiger partial charge in [0.15, 0.2) is 5.41 Å². The molecule has 0 heterocycles. The van der Waals surface area contributed by atoms with E-state index in [1.165, 1.54) is 67.5 Å². The number of nitrogens with zero attached hydrogens (tertiary/aromatic N) is 1. The summed E-state index contributed by atoms with van der Waals surface area (Å²) in [5, 5.41) is 2.68. The normalized spacial score (nSPS) is 11.3. The maximum atomic E-state index is 13.6. The molecule has 0 radical (unpaired) electrons. The molecule has 0 aromatic heterocycles. The summed E-state index contributed by atoms with van der Waals surface area (Å²) in [5.74, 6) is -4.42. The Labute approximate surface area is 292 Å². The van der Waals surface area contributed by atoms with E-state index in [1.807, 2.05) is 0 Å². The molecule has 0 saturated carbocycles. The van der Waals surface area contributed by atoms with Crippen LogP contribution in [0.25, 0.3) is 11.1 Å². The minimum atomic E-state index is -4.53. The van der Waals surface area contributed by atoms with E-state index in [2.05, 4.69) is 5.32 Å². The second kappa shape index (κ2) is 16.2. The van der Waals surface area contributed by atoms with E-state index in [4.69, 9.17) is 14.2 Å². The second-order valence-corrected chi connectivity index (χ2v) is 11.3. The SMILES string of the molecule is CCOC(=O)C(CC(=O)Oc1ccc(NC(=O)c2ccccc2-c2ccc(C(F)(F)F)cc2)c(C(=O)N(C)C)c1)(C(=O)OCC)c1ccccc1. The molecule has 4 rings (SSSR count). The number of alkyl halides is 3. The van der Waals surface area contributed by atoms with Gasteiger partial charge in [-0.2, -0.15) is 13.2 Å². The number of carbonyl (C=O) groups is 5. The lowest BCUT2D eigenvalue weighted by Crippen LogP contribution is -2.48. The molecular weight excluding hydrogens is 669 g/mol. The minimum absolute atomic E-state index is 0.0393. The number of hydrogen-bond donors (Lipinski definition) is 1. The third kappa shape index (κ3) is 8.61. The molecule has 1 N–H and O–H groups in total. The lowest BCUT2D eigenvalue weighted by molar-refractivity contribution is -0.168. The topological polar surface area (TPSA) is 128 Å². The Morgan fingerprint density at radius 1 is 0.706 bits per heavy atom. The van der Waals surface area contributed by atoms with Crippen molar-refractivity contribution >= 4 is 35.4 Å².